The zero-order valence-corrected chi connectivity index (χ0v) is 13.9. The Balaban J connectivity index is 3.39. The van der Waals surface area contributed by atoms with E-state index in [1.807, 2.05) is 0 Å². The highest BCUT2D eigenvalue weighted by atomic mass is 19.4. The average molecular weight is 484 g/mol. The number of carbonyl (C=O) groups excluding carboxylic acids is 1. The summed E-state index contributed by atoms with van der Waals surface area (Å²) >= 11 is 0. The Morgan fingerprint density at radius 3 is 1.81 bits per heavy atom. The first-order valence-electron chi connectivity index (χ1n) is 7.08. The highest BCUT2D eigenvalue weighted by Crippen LogP contribution is 2.58. The maximum Gasteiger partial charge on any atom is 0.393 e. The molecule has 0 fully saturated rings. The second-order valence-electron chi connectivity index (χ2n) is 5.60. The first-order valence-corrected chi connectivity index (χ1v) is 7.08. The van der Waals surface area contributed by atoms with Crippen LogP contribution in [0.15, 0.2) is 18.2 Å². The van der Waals surface area contributed by atoms with Crippen LogP contribution in [0.4, 0.5) is 68.5 Å². The van der Waals surface area contributed by atoms with Gasteiger partial charge in [0.15, 0.2) is 0 Å². The molecule has 0 bridgehead atoms. The lowest BCUT2D eigenvalue weighted by Crippen LogP contribution is -2.70. The standard InChI is InChI=1S/C13H5F13N2O3/c14-5-2-1-4(3-6(5)28(30)31)27-8(29)10(19,20)12(23,24)13(25,26)11(21,22)9(17,18)7(15)16/h1-3,7H,(H,27,29). The largest absolute Gasteiger partial charge is 0.393 e. The van der Waals surface area contributed by atoms with E-state index in [0.717, 1.165) is 0 Å². The number of amides is 1. The van der Waals surface area contributed by atoms with Crippen molar-refractivity contribution in [2.75, 3.05) is 5.32 Å². The van der Waals surface area contributed by atoms with Crippen LogP contribution in [-0.4, -0.2) is 46.9 Å². The highest BCUT2D eigenvalue weighted by Gasteiger charge is 2.89. The van der Waals surface area contributed by atoms with Gasteiger partial charge in [-0.2, -0.15) is 48.3 Å². The summed E-state index contributed by atoms with van der Waals surface area (Å²) in [5, 5.41) is 11.1. The number of nitro groups is 1. The van der Waals surface area contributed by atoms with Crippen molar-refractivity contribution in [1.82, 2.24) is 0 Å². The molecule has 31 heavy (non-hydrogen) atoms. The number of rotatable bonds is 8. The van der Waals surface area contributed by atoms with Gasteiger partial charge in [0, 0.05) is 11.8 Å². The lowest BCUT2D eigenvalue weighted by molar-refractivity contribution is -0.406. The minimum atomic E-state index is -7.92. The van der Waals surface area contributed by atoms with Crippen molar-refractivity contribution in [2.24, 2.45) is 0 Å². The third kappa shape index (κ3) is 3.93. The molecular weight excluding hydrogens is 479 g/mol. The van der Waals surface area contributed by atoms with Crippen molar-refractivity contribution < 1.29 is 66.8 Å². The molecule has 18 heteroatoms. The SMILES string of the molecule is O=C(Nc1ccc(F)c([N+](=O)[O-])c1)C(F)(F)C(F)(F)C(F)(F)C(F)(F)C(F)(F)C(F)F. The molecule has 1 rings (SSSR count). The van der Waals surface area contributed by atoms with Gasteiger partial charge in [-0.3, -0.25) is 14.9 Å². The zero-order chi connectivity index (χ0) is 24.8. The van der Waals surface area contributed by atoms with Crippen LogP contribution in [0.5, 0.6) is 0 Å². The highest BCUT2D eigenvalue weighted by molar-refractivity contribution is 5.97. The van der Waals surface area contributed by atoms with Crippen molar-refractivity contribution in [2.45, 2.75) is 36.0 Å². The Labute approximate surface area is 161 Å². The normalized spacial score (nSPS) is 14.0. The van der Waals surface area contributed by atoms with Crippen LogP contribution in [-0.2, 0) is 4.79 Å². The van der Waals surface area contributed by atoms with E-state index in [1.54, 1.807) is 0 Å². The van der Waals surface area contributed by atoms with Crippen LogP contribution in [0.25, 0.3) is 0 Å². The predicted molar refractivity (Wildman–Crippen MR) is 72.4 cm³/mol. The fourth-order valence-corrected chi connectivity index (χ4v) is 1.82. The van der Waals surface area contributed by atoms with Crippen LogP contribution < -0.4 is 5.32 Å². The molecule has 1 N–H and O–H groups in total. The van der Waals surface area contributed by atoms with Gasteiger partial charge < -0.3 is 5.32 Å². The van der Waals surface area contributed by atoms with Crippen LogP contribution in [0.2, 0.25) is 0 Å². The minimum Gasteiger partial charge on any atom is -0.320 e. The first kappa shape index (κ1) is 26.2. The zero-order valence-electron chi connectivity index (χ0n) is 13.9. The van der Waals surface area contributed by atoms with E-state index >= 15 is 0 Å². The number of hydrogen-bond donors (Lipinski definition) is 1. The van der Waals surface area contributed by atoms with E-state index in [9.17, 15) is 72.0 Å². The van der Waals surface area contributed by atoms with Gasteiger partial charge in [-0.25, -0.2) is 8.78 Å². The van der Waals surface area contributed by atoms with E-state index < -0.39 is 64.1 Å². The van der Waals surface area contributed by atoms with Crippen LogP contribution in [0, 0.1) is 15.9 Å². The average Bonchev–Trinajstić information content (AvgIpc) is 2.61. The Hall–Kier alpha value is -2.82. The molecular formula is C13H5F13N2O3. The van der Waals surface area contributed by atoms with Crippen molar-refractivity contribution in [1.29, 1.82) is 0 Å². The Morgan fingerprint density at radius 2 is 1.39 bits per heavy atom. The van der Waals surface area contributed by atoms with Crippen LogP contribution in [0.1, 0.15) is 0 Å². The molecule has 0 aliphatic rings. The van der Waals surface area contributed by atoms with Gasteiger partial charge in [-0.15, -0.1) is 0 Å². The lowest BCUT2D eigenvalue weighted by atomic mass is 9.94. The quantitative estimate of drug-likeness (QED) is 0.317. The molecule has 0 saturated carbocycles. The summed E-state index contributed by atoms with van der Waals surface area (Å²) in [6.07, 6.45) is -5.70. The number of nitro benzene ring substituents is 1. The number of anilines is 1. The number of nitrogens with zero attached hydrogens (tertiary/aromatic N) is 1. The van der Waals surface area contributed by atoms with Gasteiger partial charge in [0.05, 0.1) is 4.92 Å². The molecule has 5 nitrogen and oxygen atoms in total. The van der Waals surface area contributed by atoms with E-state index in [2.05, 4.69) is 0 Å². The van der Waals surface area contributed by atoms with Gasteiger partial charge in [0.2, 0.25) is 5.82 Å². The van der Waals surface area contributed by atoms with Crippen molar-refractivity contribution in [3.05, 3.63) is 34.1 Å². The van der Waals surface area contributed by atoms with E-state index in [-0.39, 0.29) is 18.2 Å². The summed E-state index contributed by atoms with van der Waals surface area (Å²) in [7, 11) is 0. The fraction of sp³-hybridized carbons (Fsp3) is 0.462. The van der Waals surface area contributed by atoms with Crippen LogP contribution in [0.3, 0.4) is 0 Å². The summed E-state index contributed by atoms with van der Waals surface area (Å²) in [6.45, 7) is 0. The molecule has 0 unspecified atom stereocenters. The number of hydrogen-bond acceptors (Lipinski definition) is 3. The summed E-state index contributed by atoms with van der Waals surface area (Å²) < 4.78 is 169. The molecule has 0 aliphatic carbocycles. The Kier molecular flexibility index (Phi) is 6.51. The second-order valence-corrected chi connectivity index (χ2v) is 5.60. The van der Waals surface area contributed by atoms with Crippen molar-refractivity contribution >= 4 is 17.3 Å². The third-order valence-electron chi connectivity index (χ3n) is 3.56. The molecule has 176 valence electrons. The topological polar surface area (TPSA) is 72.2 Å². The molecule has 0 spiro atoms. The lowest BCUT2D eigenvalue weighted by Gasteiger charge is -2.38. The second kappa shape index (κ2) is 7.70. The molecule has 1 aromatic rings. The Bertz CT molecular complexity index is 872. The summed E-state index contributed by atoms with van der Waals surface area (Å²) in [4.78, 5) is 20.3. The number of benzene rings is 1. The molecule has 1 aromatic carbocycles. The van der Waals surface area contributed by atoms with Gasteiger partial charge >= 0.3 is 47.6 Å². The van der Waals surface area contributed by atoms with E-state index in [0.29, 0.717) is 5.32 Å². The monoisotopic (exact) mass is 484 g/mol. The maximum atomic E-state index is 13.6. The van der Waals surface area contributed by atoms with Crippen molar-refractivity contribution in [3.63, 3.8) is 0 Å². The third-order valence-corrected chi connectivity index (χ3v) is 3.56. The molecule has 0 saturated heterocycles. The van der Waals surface area contributed by atoms with Gasteiger partial charge in [0.25, 0.3) is 0 Å². The Morgan fingerprint density at radius 1 is 0.903 bits per heavy atom. The minimum absolute atomic E-state index is 0.0703. The van der Waals surface area contributed by atoms with Gasteiger partial charge in [-0.1, -0.05) is 0 Å². The number of alkyl halides is 12. The maximum absolute atomic E-state index is 13.6. The van der Waals surface area contributed by atoms with E-state index in [4.69, 9.17) is 0 Å². The molecule has 0 radical (unpaired) electrons. The molecule has 1 amide bonds. The molecule has 0 aromatic heterocycles. The summed E-state index contributed by atoms with van der Waals surface area (Å²) in [5.74, 6) is -42.8. The molecule has 0 atom stereocenters. The number of nitrogens with one attached hydrogen (secondary N) is 1. The fourth-order valence-electron chi connectivity index (χ4n) is 1.82. The molecule has 0 heterocycles. The van der Waals surface area contributed by atoms with Crippen molar-refractivity contribution in [3.8, 4) is 0 Å². The smallest absolute Gasteiger partial charge is 0.320 e. The van der Waals surface area contributed by atoms with Gasteiger partial charge in [-0.05, 0) is 12.1 Å². The predicted octanol–water partition coefficient (Wildman–Crippen LogP) is 5.11. The first-order chi connectivity index (χ1) is 13.7. The summed E-state index contributed by atoms with van der Waals surface area (Å²) in [6, 6.07) is 0.265. The van der Waals surface area contributed by atoms with E-state index in [1.165, 1.54) is 0 Å². The molecule has 0 aliphatic heterocycles. The summed E-state index contributed by atoms with van der Waals surface area (Å²) in [5.41, 5.74) is -2.84. The van der Waals surface area contributed by atoms with Gasteiger partial charge in [0.1, 0.15) is 0 Å². The number of carbonyl (C=O) groups is 1. The van der Waals surface area contributed by atoms with Crippen LogP contribution >= 0.6 is 0 Å². The number of halogens is 13.